The fourth-order valence-electron chi connectivity index (χ4n) is 2.74. The summed E-state index contributed by atoms with van der Waals surface area (Å²) in [5.41, 5.74) is 1.73. The molecule has 0 aliphatic heterocycles. The fourth-order valence-corrected chi connectivity index (χ4v) is 2.74. The standard InChI is InChI=1S/C22H26F2N4O3/c1-4-15(6-5-7-18(25-3)12-14(2)23)20-27-22(31-28-20)19(13-29)26-21(30)16-8-10-17(24)11-9-16/h6-11,19,25,29H,2,4-5,12-13H2,1,3H3,(H,26,30)/b15-6+,18-7+/t19-/m0/s1. The number of amides is 1. The summed E-state index contributed by atoms with van der Waals surface area (Å²) in [4.78, 5) is 16.6. The first-order valence-corrected chi connectivity index (χ1v) is 9.78. The molecule has 1 heterocycles. The molecule has 7 nitrogen and oxygen atoms in total. The highest BCUT2D eigenvalue weighted by atomic mass is 19.1. The van der Waals surface area contributed by atoms with E-state index in [1.165, 1.54) is 24.3 Å². The van der Waals surface area contributed by atoms with E-state index in [9.17, 15) is 18.7 Å². The number of hydrogen-bond acceptors (Lipinski definition) is 6. The lowest BCUT2D eigenvalue weighted by Crippen LogP contribution is -2.31. The number of allylic oxidation sites excluding steroid dienone is 4. The maximum absolute atomic E-state index is 13.0. The van der Waals surface area contributed by atoms with Gasteiger partial charge in [0.05, 0.1) is 12.4 Å². The largest absolute Gasteiger partial charge is 0.394 e. The Morgan fingerprint density at radius 2 is 2.03 bits per heavy atom. The second kappa shape index (κ2) is 11.8. The summed E-state index contributed by atoms with van der Waals surface area (Å²) in [7, 11) is 1.71. The van der Waals surface area contributed by atoms with Crippen LogP contribution in [0.25, 0.3) is 5.57 Å². The van der Waals surface area contributed by atoms with Gasteiger partial charge in [0.1, 0.15) is 11.9 Å². The van der Waals surface area contributed by atoms with Gasteiger partial charge in [-0.1, -0.05) is 30.8 Å². The van der Waals surface area contributed by atoms with Crippen molar-refractivity contribution in [2.75, 3.05) is 13.7 Å². The third-order valence-corrected chi connectivity index (χ3v) is 4.43. The van der Waals surface area contributed by atoms with E-state index < -0.39 is 30.2 Å². The lowest BCUT2D eigenvalue weighted by molar-refractivity contribution is 0.0901. The topological polar surface area (TPSA) is 100 Å². The number of nitrogens with zero attached hydrogens (tertiary/aromatic N) is 2. The zero-order valence-electron chi connectivity index (χ0n) is 17.5. The smallest absolute Gasteiger partial charge is 0.251 e. The van der Waals surface area contributed by atoms with Crippen molar-refractivity contribution in [3.8, 4) is 0 Å². The van der Waals surface area contributed by atoms with Crippen LogP contribution in [0.15, 0.2) is 59.0 Å². The van der Waals surface area contributed by atoms with Gasteiger partial charge in [0.15, 0.2) is 5.82 Å². The zero-order valence-corrected chi connectivity index (χ0v) is 17.5. The maximum Gasteiger partial charge on any atom is 0.251 e. The van der Waals surface area contributed by atoms with Crippen LogP contribution in [0.3, 0.4) is 0 Å². The number of rotatable bonds is 11. The van der Waals surface area contributed by atoms with Gasteiger partial charge in [-0.05, 0) is 42.7 Å². The van der Waals surface area contributed by atoms with Crippen molar-refractivity contribution < 1.29 is 23.2 Å². The Balaban J connectivity index is 2.10. The van der Waals surface area contributed by atoms with Crippen molar-refractivity contribution in [1.82, 2.24) is 20.8 Å². The van der Waals surface area contributed by atoms with Crippen LogP contribution in [0.1, 0.15) is 54.3 Å². The minimum atomic E-state index is -0.914. The molecule has 0 aliphatic rings. The quantitative estimate of drug-likeness (QED) is 0.499. The number of hydrogen-bond donors (Lipinski definition) is 3. The number of aromatic nitrogens is 2. The number of benzene rings is 1. The first-order valence-electron chi connectivity index (χ1n) is 9.78. The molecule has 0 aliphatic carbocycles. The Kier molecular flexibility index (Phi) is 9.08. The van der Waals surface area contributed by atoms with E-state index in [1.807, 2.05) is 19.1 Å². The van der Waals surface area contributed by atoms with Crippen LogP contribution in [0.5, 0.6) is 0 Å². The van der Waals surface area contributed by atoms with Gasteiger partial charge in [-0.2, -0.15) is 4.98 Å². The molecule has 0 saturated carbocycles. The van der Waals surface area contributed by atoms with E-state index in [-0.39, 0.29) is 17.9 Å². The molecule has 0 bridgehead atoms. The van der Waals surface area contributed by atoms with E-state index in [4.69, 9.17) is 4.52 Å². The molecule has 1 amide bonds. The second-order valence-electron chi connectivity index (χ2n) is 6.66. The zero-order chi connectivity index (χ0) is 22.8. The first-order chi connectivity index (χ1) is 14.9. The summed E-state index contributed by atoms with van der Waals surface area (Å²) >= 11 is 0. The Morgan fingerprint density at radius 1 is 1.32 bits per heavy atom. The Hall–Kier alpha value is -3.33. The predicted molar refractivity (Wildman–Crippen MR) is 113 cm³/mol. The summed E-state index contributed by atoms with van der Waals surface area (Å²) in [5, 5.41) is 19.1. The van der Waals surface area contributed by atoms with Crippen molar-refractivity contribution in [1.29, 1.82) is 0 Å². The van der Waals surface area contributed by atoms with Gasteiger partial charge < -0.3 is 20.3 Å². The van der Waals surface area contributed by atoms with Gasteiger partial charge in [-0.15, -0.1) is 0 Å². The molecule has 0 radical (unpaired) electrons. The average Bonchev–Trinajstić information content (AvgIpc) is 3.24. The Morgan fingerprint density at radius 3 is 2.61 bits per heavy atom. The Bertz CT molecular complexity index is 952. The molecule has 0 saturated heterocycles. The first kappa shape index (κ1) is 23.9. The number of carbonyl (C=O) groups excluding carboxylic acids is 1. The maximum atomic E-state index is 13.0. The van der Waals surface area contributed by atoms with Crippen molar-refractivity contribution >= 4 is 11.5 Å². The minimum Gasteiger partial charge on any atom is -0.394 e. The van der Waals surface area contributed by atoms with E-state index in [0.717, 1.165) is 5.57 Å². The van der Waals surface area contributed by atoms with Crippen LogP contribution < -0.4 is 10.6 Å². The van der Waals surface area contributed by atoms with Gasteiger partial charge in [0, 0.05) is 24.7 Å². The monoisotopic (exact) mass is 432 g/mol. The minimum absolute atomic E-state index is 0.0486. The van der Waals surface area contributed by atoms with Gasteiger partial charge in [-0.3, -0.25) is 4.79 Å². The van der Waals surface area contributed by atoms with E-state index in [1.54, 1.807) is 7.05 Å². The molecule has 0 spiro atoms. The molecular formula is C22H26F2N4O3. The van der Waals surface area contributed by atoms with Crippen molar-refractivity contribution in [2.24, 2.45) is 0 Å². The molecule has 9 heteroatoms. The highest BCUT2D eigenvalue weighted by Crippen LogP contribution is 2.19. The van der Waals surface area contributed by atoms with E-state index in [2.05, 4.69) is 27.4 Å². The van der Waals surface area contributed by atoms with Crippen LogP contribution >= 0.6 is 0 Å². The normalized spacial score (nSPS) is 13.1. The molecule has 0 unspecified atom stereocenters. The molecule has 2 rings (SSSR count). The summed E-state index contributed by atoms with van der Waals surface area (Å²) in [6, 6.07) is 4.10. The van der Waals surface area contributed by atoms with Crippen molar-refractivity contribution in [2.45, 2.75) is 32.2 Å². The van der Waals surface area contributed by atoms with E-state index in [0.29, 0.717) is 24.4 Å². The van der Waals surface area contributed by atoms with Crippen molar-refractivity contribution in [3.63, 3.8) is 0 Å². The second-order valence-corrected chi connectivity index (χ2v) is 6.66. The third kappa shape index (κ3) is 7.14. The van der Waals surface area contributed by atoms with E-state index >= 15 is 0 Å². The molecule has 1 aromatic carbocycles. The molecule has 166 valence electrons. The van der Waals surface area contributed by atoms with Crippen LogP contribution in [0.2, 0.25) is 0 Å². The summed E-state index contributed by atoms with van der Waals surface area (Å²) in [5.74, 6) is -1.01. The molecule has 1 atom stereocenters. The molecular weight excluding hydrogens is 406 g/mol. The average molecular weight is 432 g/mol. The molecule has 31 heavy (non-hydrogen) atoms. The summed E-state index contributed by atoms with van der Waals surface area (Å²) in [6.07, 6.45) is 4.97. The van der Waals surface area contributed by atoms with Crippen LogP contribution in [0.4, 0.5) is 8.78 Å². The van der Waals surface area contributed by atoms with Gasteiger partial charge in [0.25, 0.3) is 11.8 Å². The third-order valence-electron chi connectivity index (χ3n) is 4.43. The van der Waals surface area contributed by atoms with Crippen LogP contribution in [-0.2, 0) is 0 Å². The van der Waals surface area contributed by atoms with Gasteiger partial charge >= 0.3 is 0 Å². The number of nitrogens with one attached hydrogen (secondary N) is 2. The number of aliphatic hydroxyl groups is 1. The van der Waals surface area contributed by atoms with Gasteiger partial charge in [0.2, 0.25) is 0 Å². The lowest BCUT2D eigenvalue weighted by Gasteiger charge is -2.12. The highest BCUT2D eigenvalue weighted by molar-refractivity contribution is 5.94. The number of carbonyl (C=O) groups is 1. The van der Waals surface area contributed by atoms with Crippen LogP contribution in [0, 0.1) is 5.82 Å². The number of aliphatic hydroxyl groups excluding tert-OH is 1. The highest BCUT2D eigenvalue weighted by Gasteiger charge is 2.22. The van der Waals surface area contributed by atoms with Crippen LogP contribution in [-0.4, -0.2) is 34.8 Å². The molecule has 2 aromatic rings. The summed E-state index contributed by atoms with van der Waals surface area (Å²) in [6.45, 7) is 4.73. The lowest BCUT2D eigenvalue weighted by atomic mass is 10.1. The molecule has 1 aromatic heterocycles. The predicted octanol–water partition coefficient (Wildman–Crippen LogP) is 3.83. The van der Waals surface area contributed by atoms with Crippen molar-refractivity contribution in [3.05, 3.63) is 77.6 Å². The summed E-state index contributed by atoms with van der Waals surface area (Å²) < 4.78 is 31.3. The Labute approximate surface area is 179 Å². The van der Waals surface area contributed by atoms with Gasteiger partial charge in [-0.25, -0.2) is 8.78 Å². The SMILES string of the molecule is C=C(F)C/C(=C\C/C=C(\CC)c1noc([C@H](CO)NC(=O)c2ccc(F)cc2)n1)NC. The fraction of sp³-hybridized carbons (Fsp3) is 0.318. The number of halogens is 2. The molecule has 0 fully saturated rings. The molecule has 3 N–H and O–H groups in total.